The lowest BCUT2D eigenvalue weighted by Crippen LogP contribution is -1.94. The molecule has 3 aromatic rings. The van der Waals surface area contributed by atoms with Crippen LogP contribution >= 0.6 is 23.2 Å². The van der Waals surface area contributed by atoms with Crippen molar-refractivity contribution in [3.63, 3.8) is 0 Å². The number of halogens is 2. The Labute approximate surface area is 157 Å². The average molecular weight is 370 g/mol. The number of rotatable bonds is 5. The number of nitrogens with zero attached hydrogens (tertiary/aromatic N) is 1. The third-order valence-corrected chi connectivity index (χ3v) is 4.36. The highest BCUT2D eigenvalue weighted by Crippen LogP contribution is 2.32. The Bertz CT molecular complexity index is 858. The molecule has 3 aromatic carbocycles. The second-order valence-electron chi connectivity index (χ2n) is 5.58. The summed E-state index contributed by atoms with van der Waals surface area (Å²) in [6, 6.07) is 22.8. The van der Waals surface area contributed by atoms with Crippen LogP contribution in [0.3, 0.4) is 0 Å². The van der Waals surface area contributed by atoms with Gasteiger partial charge in [0.25, 0.3) is 0 Å². The number of hydrogen-bond acceptors (Lipinski definition) is 2. The van der Waals surface area contributed by atoms with Crippen molar-refractivity contribution >= 4 is 29.4 Å². The van der Waals surface area contributed by atoms with E-state index < -0.39 is 0 Å². The van der Waals surface area contributed by atoms with Crippen molar-refractivity contribution in [1.29, 1.82) is 0 Å². The van der Waals surface area contributed by atoms with Gasteiger partial charge in [-0.05, 0) is 48.9 Å². The molecule has 1 unspecified atom stereocenters. The highest BCUT2D eigenvalue weighted by atomic mass is 35.5. The largest absolute Gasteiger partial charge is 0.457 e. The Morgan fingerprint density at radius 3 is 2.20 bits per heavy atom. The van der Waals surface area contributed by atoms with Crippen LogP contribution in [0.4, 0.5) is 0 Å². The van der Waals surface area contributed by atoms with Gasteiger partial charge < -0.3 is 4.74 Å². The third kappa shape index (κ3) is 4.62. The third-order valence-electron chi connectivity index (χ3n) is 3.70. The zero-order valence-electron chi connectivity index (χ0n) is 13.7. The van der Waals surface area contributed by atoms with Crippen molar-refractivity contribution in [2.24, 2.45) is 4.99 Å². The Morgan fingerprint density at radius 2 is 1.48 bits per heavy atom. The van der Waals surface area contributed by atoms with Crippen molar-refractivity contribution < 1.29 is 4.74 Å². The van der Waals surface area contributed by atoms with Crippen LogP contribution in [0.15, 0.2) is 77.8 Å². The summed E-state index contributed by atoms with van der Waals surface area (Å²) in [7, 11) is 0. The van der Waals surface area contributed by atoms with Gasteiger partial charge in [-0.25, -0.2) is 0 Å². The summed E-state index contributed by atoms with van der Waals surface area (Å²) < 4.78 is 5.84. The number of aliphatic imine (C=N–C) groups is 1. The summed E-state index contributed by atoms with van der Waals surface area (Å²) in [5, 5.41) is 1.25. The minimum absolute atomic E-state index is 0.139. The molecule has 0 saturated carbocycles. The fourth-order valence-corrected chi connectivity index (χ4v) is 3.18. The molecule has 0 radical (unpaired) electrons. The Balaban J connectivity index is 1.76. The molecule has 0 amide bonds. The zero-order valence-corrected chi connectivity index (χ0v) is 15.2. The second-order valence-corrected chi connectivity index (χ2v) is 6.39. The molecule has 2 nitrogen and oxygen atoms in total. The van der Waals surface area contributed by atoms with E-state index in [1.54, 1.807) is 0 Å². The molecule has 0 heterocycles. The molecule has 0 spiro atoms. The van der Waals surface area contributed by atoms with Crippen LogP contribution in [-0.2, 0) is 0 Å². The lowest BCUT2D eigenvalue weighted by Gasteiger charge is -2.11. The van der Waals surface area contributed by atoms with Gasteiger partial charge in [-0.1, -0.05) is 59.6 Å². The van der Waals surface area contributed by atoms with Crippen LogP contribution in [0.1, 0.15) is 24.1 Å². The number of benzene rings is 3. The van der Waals surface area contributed by atoms with Crippen LogP contribution in [0, 0.1) is 0 Å². The minimum atomic E-state index is -0.139. The van der Waals surface area contributed by atoms with E-state index >= 15 is 0 Å². The normalized spacial score (nSPS) is 12.3. The molecule has 0 aromatic heterocycles. The molecule has 0 aliphatic heterocycles. The monoisotopic (exact) mass is 369 g/mol. The number of para-hydroxylation sites is 1. The molecule has 4 heteroatoms. The molecular weight excluding hydrogens is 353 g/mol. The second kappa shape index (κ2) is 8.19. The fourth-order valence-electron chi connectivity index (χ4n) is 2.47. The van der Waals surface area contributed by atoms with Crippen molar-refractivity contribution in [3.05, 3.63) is 94.0 Å². The first-order valence-electron chi connectivity index (χ1n) is 7.93. The fraction of sp³-hybridized carbons (Fsp3) is 0.0952. The maximum Gasteiger partial charge on any atom is 0.128 e. The maximum atomic E-state index is 6.24. The Morgan fingerprint density at radius 1 is 0.840 bits per heavy atom. The lowest BCUT2D eigenvalue weighted by molar-refractivity contribution is 0.482. The van der Waals surface area contributed by atoms with Crippen LogP contribution in [-0.4, -0.2) is 6.21 Å². The summed E-state index contributed by atoms with van der Waals surface area (Å²) >= 11 is 12.5. The van der Waals surface area contributed by atoms with E-state index in [1.807, 2.05) is 85.9 Å². The van der Waals surface area contributed by atoms with Gasteiger partial charge in [0.1, 0.15) is 11.5 Å². The predicted octanol–water partition coefficient (Wildman–Crippen LogP) is 6.97. The molecule has 0 saturated heterocycles. The van der Waals surface area contributed by atoms with E-state index in [1.165, 1.54) is 0 Å². The summed E-state index contributed by atoms with van der Waals surface area (Å²) in [6.07, 6.45) is 1.81. The minimum Gasteiger partial charge on any atom is -0.457 e. The topological polar surface area (TPSA) is 21.6 Å². The van der Waals surface area contributed by atoms with Gasteiger partial charge in [0.05, 0.1) is 6.04 Å². The van der Waals surface area contributed by atoms with Crippen LogP contribution in [0.2, 0.25) is 10.0 Å². The summed E-state index contributed by atoms with van der Waals surface area (Å²) in [5.41, 5.74) is 1.78. The molecule has 3 rings (SSSR count). The first-order valence-corrected chi connectivity index (χ1v) is 8.69. The van der Waals surface area contributed by atoms with Crippen LogP contribution in [0.25, 0.3) is 0 Å². The summed E-state index contributed by atoms with van der Waals surface area (Å²) in [6.45, 7) is 1.97. The van der Waals surface area contributed by atoms with E-state index in [-0.39, 0.29) is 6.04 Å². The van der Waals surface area contributed by atoms with E-state index in [2.05, 4.69) is 4.99 Å². The van der Waals surface area contributed by atoms with E-state index in [4.69, 9.17) is 27.9 Å². The molecule has 0 bridgehead atoms. The smallest absolute Gasteiger partial charge is 0.128 e. The molecule has 1 atom stereocenters. The highest BCUT2D eigenvalue weighted by molar-refractivity contribution is 6.36. The van der Waals surface area contributed by atoms with Crippen molar-refractivity contribution in [1.82, 2.24) is 0 Å². The Hall–Kier alpha value is -2.29. The molecule has 0 fully saturated rings. The maximum absolute atomic E-state index is 6.24. The molecule has 25 heavy (non-hydrogen) atoms. The first-order chi connectivity index (χ1) is 12.1. The zero-order chi connectivity index (χ0) is 17.6. The van der Waals surface area contributed by atoms with Gasteiger partial charge in [0.2, 0.25) is 0 Å². The predicted molar refractivity (Wildman–Crippen MR) is 105 cm³/mol. The van der Waals surface area contributed by atoms with Gasteiger partial charge in [0.15, 0.2) is 0 Å². The van der Waals surface area contributed by atoms with Gasteiger partial charge in [0, 0.05) is 21.8 Å². The number of hydrogen-bond donors (Lipinski definition) is 0. The van der Waals surface area contributed by atoms with Crippen LogP contribution in [0.5, 0.6) is 11.5 Å². The lowest BCUT2D eigenvalue weighted by atomic mass is 10.1. The summed E-state index contributed by atoms with van der Waals surface area (Å²) in [5.74, 6) is 1.56. The van der Waals surface area contributed by atoms with Crippen LogP contribution < -0.4 is 4.74 Å². The van der Waals surface area contributed by atoms with Crippen molar-refractivity contribution in [2.75, 3.05) is 0 Å². The SMILES string of the molecule is CC(N=Cc1cccc(Oc2ccccc2)c1)c1c(Cl)cccc1Cl. The van der Waals surface area contributed by atoms with Crippen molar-refractivity contribution in [3.8, 4) is 11.5 Å². The van der Waals surface area contributed by atoms with Gasteiger partial charge in [-0.2, -0.15) is 0 Å². The highest BCUT2D eigenvalue weighted by Gasteiger charge is 2.11. The molecule has 126 valence electrons. The Kier molecular flexibility index (Phi) is 5.75. The molecule has 0 aliphatic rings. The summed E-state index contributed by atoms with van der Waals surface area (Å²) in [4.78, 5) is 4.59. The van der Waals surface area contributed by atoms with Gasteiger partial charge >= 0.3 is 0 Å². The number of ether oxygens (including phenoxy) is 1. The van der Waals surface area contributed by atoms with Gasteiger partial charge in [-0.15, -0.1) is 0 Å². The first kappa shape index (κ1) is 17.5. The standard InChI is InChI=1S/C21H17Cl2NO/c1-15(21-19(22)11-6-12-20(21)23)24-14-16-7-5-10-18(13-16)25-17-8-3-2-4-9-17/h2-15H,1H3. The van der Waals surface area contributed by atoms with Gasteiger partial charge in [-0.3, -0.25) is 4.99 Å². The average Bonchev–Trinajstić information content (AvgIpc) is 2.61. The molecule has 0 aliphatic carbocycles. The van der Waals surface area contributed by atoms with E-state index in [9.17, 15) is 0 Å². The van der Waals surface area contributed by atoms with Crippen molar-refractivity contribution in [2.45, 2.75) is 13.0 Å². The quantitative estimate of drug-likeness (QED) is 0.445. The molecule has 0 N–H and O–H groups in total. The van der Waals surface area contributed by atoms with E-state index in [0.29, 0.717) is 10.0 Å². The van der Waals surface area contributed by atoms with E-state index in [0.717, 1.165) is 22.6 Å². The molecular formula is C21H17Cl2NO.